The number of hydrogen-bond acceptors (Lipinski definition) is 5. The SMILES string of the molecule is CCCOc1cc(C)c(-c2nc(SC)[nH]c(=O)c2C#N)c(C)c1. The second-order valence-electron chi connectivity index (χ2n) is 5.19. The molecule has 0 aliphatic heterocycles. The number of nitriles is 1. The average molecular weight is 329 g/mol. The predicted octanol–water partition coefficient (Wildman–Crippen LogP) is 3.44. The van der Waals surface area contributed by atoms with Crippen molar-refractivity contribution in [3.05, 3.63) is 39.2 Å². The summed E-state index contributed by atoms with van der Waals surface area (Å²) in [6, 6.07) is 5.81. The Morgan fingerprint density at radius 3 is 2.52 bits per heavy atom. The molecule has 0 radical (unpaired) electrons. The number of benzene rings is 1. The van der Waals surface area contributed by atoms with Crippen molar-refractivity contribution in [2.24, 2.45) is 0 Å². The van der Waals surface area contributed by atoms with Gasteiger partial charge in [0, 0.05) is 5.56 Å². The van der Waals surface area contributed by atoms with Crippen LogP contribution in [0.2, 0.25) is 0 Å². The first-order chi connectivity index (χ1) is 11.0. The summed E-state index contributed by atoms with van der Waals surface area (Å²) in [4.78, 5) is 19.2. The first-order valence-corrected chi connectivity index (χ1v) is 8.57. The quantitative estimate of drug-likeness (QED) is 0.671. The van der Waals surface area contributed by atoms with E-state index in [0.29, 0.717) is 17.5 Å². The zero-order valence-corrected chi connectivity index (χ0v) is 14.5. The molecule has 0 unspecified atom stereocenters. The zero-order valence-electron chi connectivity index (χ0n) is 13.7. The van der Waals surface area contributed by atoms with E-state index < -0.39 is 5.56 Å². The number of ether oxygens (including phenoxy) is 1. The predicted molar refractivity (Wildman–Crippen MR) is 92.0 cm³/mol. The molecule has 0 spiro atoms. The van der Waals surface area contributed by atoms with Gasteiger partial charge in [0.15, 0.2) is 5.16 Å². The van der Waals surface area contributed by atoms with E-state index in [9.17, 15) is 10.1 Å². The number of aromatic amines is 1. The van der Waals surface area contributed by atoms with Crippen LogP contribution < -0.4 is 10.3 Å². The minimum Gasteiger partial charge on any atom is -0.494 e. The molecule has 23 heavy (non-hydrogen) atoms. The van der Waals surface area contributed by atoms with Crippen LogP contribution in [0, 0.1) is 25.2 Å². The summed E-state index contributed by atoms with van der Waals surface area (Å²) < 4.78 is 5.68. The molecule has 5 nitrogen and oxygen atoms in total. The fourth-order valence-electron chi connectivity index (χ4n) is 2.43. The van der Waals surface area contributed by atoms with Crippen molar-refractivity contribution < 1.29 is 4.74 Å². The molecule has 0 atom stereocenters. The lowest BCUT2D eigenvalue weighted by atomic mass is 9.97. The third kappa shape index (κ3) is 3.57. The highest BCUT2D eigenvalue weighted by atomic mass is 32.2. The van der Waals surface area contributed by atoms with E-state index in [1.807, 2.05) is 38.3 Å². The zero-order chi connectivity index (χ0) is 17.0. The van der Waals surface area contributed by atoms with Crippen molar-refractivity contribution in [1.29, 1.82) is 5.26 Å². The van der Waals surface area contributed by atoms with E-state index in [4.69, 9.17) is 4.74 Å². The Bertz CT molecular complexity index is 799. The molecule has 1 N–H and O–H groups in total. The molecule has 2 aromatic rings. The van der Waals surface area contributed by atoms with Gasteiger partial charge in [-0.2, -0.15) is 5.26 Å². The molecule has 0 aliphatic rings. The van der Waals surface area contributed by atoms with Crippen molar-refractivity contribution in [2.45, 2.75) is 32.3 Å². The molecule has 120 valence electrons. The number of aromatic nitrogens is 2. The van der Waals surface area contributed by atoms with Crippen LogP contribution in [0.15, 0.2) is 22.1 Å². The summed E-state index contributed by atoms with van der Waals surface area (Å²) >= 11 is 1.34. The Kier molecular flexibility index (Phi) is 5.45. The number of nitrogens with zero attached hydrogens (tertiary/aromatic N) is 2. The number of rotatable bonds is 5. The van der Waals surface area contributed by atoms with E-state index in [-0.39, 0.29) is 5.56 Å². The standard InChI is InChI=1S/C17H19N3O2S/c1-5-6-22-12-7-10(2)14(11(3)8-12)15-13(9-18)16(21)20-17(19-15)23-4/h7-8H,5-6H2,1-4H3,(H,19,20,21). The molecule has 1 aromatic heterocycles. The Morgan fingerprint density at radius 2 is 2.00 bits per heavy atom. The molecule has 0 saturated carbocycles. The van der Waals surface area contributed by atoms with Gasteiger partial charge in [-0.3, -0.25) is 4.79 Å². The molecule has 0 saturated heterocycles. The van der Waals surface area contributed by atoms with Gasteiger partial charge < -0.3 is 9.72 Å². The van der Waals surface area contributed by atoms with Crippen LogP contribution in [-0.2, 0) is 0 Å². The van der Waals surface area contributed by atoms with Gasteiger partial charge in [0.25, 0.3) is 5.56 Å². The van der Waals surface area contributed by atoms with Crippen molar-refractivity contribution in [1.82, 2.24) is 9.97 Å². The maximum atomic E-state index is 12.1. The Balaban J connectivity index is 2.65. The van der Waals surface area contributed by atoms with E-state index >= 15 is 0 Å². The largest absolute Gasteiger partial charge is 0.494 e. The van der Waals surface area contributed by atoms with Crippen LogP contribution in [0.5, 0.6) is 5.75 Å². The summed E-state index contributed by atoms with van der Waals surface area (Å²) in [6.07, 6.45) is 2.76. The number of thioether (sulfide) groups is 1. The lowest BCUT2D eigenvalue weighted by molar-refractivity contribution is 0.317. The van der Waals surface area contributed by atoms with Crippen LogP contribution in [0.1, 0.15) is 30.0 Å². The lowest BCUT2D eigenvalue weighted by Gasteiger charge is -2.14. The smallest absolute Gasteiger partial charge is 0.270 e. The fraction of sp³-hybridized carbons (Fsp3) is 0.353. The molecule has 1 heterocycles. The molecule has 0 fully saturated rings. The molecule has 1 aromatic carbocycles. The maximum absolute atomic E-state index is 12.1. The van der Waals surface area contributed by atoms with Gasteiger partial charge in [0.05, 0.1) is 12.3 Å². The minimum atomic E-state index is -0.410. The van der Waals surface area contributed by atoms with E-state index in [2.05, 4.69) is 16.9 Å². The third-order valence-electron chi connectivity index (χ3n) is 3.42. The number of nitrogens with one attached hydrogen (secondary N) is 1. The van der Waals surface area contributed by atoms with Crippen LogP contribution in [0.4, 0.5) is 0 Å². The number of H-pyrrole nitrogens is 1. The highest BCUT2D eigenvalue weighted by Crippen LogP contribution is 2.31. The number of hydrogen-bond donors (Lipinski definition) is 1. The molecule has 0 amide bonds. The van der Waals surface area contributed by atoms with E-state index in [1.165, 1.54) is 11.8 Å². The summed E-state index contributed by atoms with van der Waals surface area (Å²) in [5.41, 5.74) is 2.73. The fourth-order valence-corrected chi connectivity index (χ4v) is 2.81. The normalized spacial score (nSPS) is 10.4. The summed E-state index contributed by atoms with van der Waals surface area (Å²) in [5.74, 6) is 0.791. The second kappa shape index (κ2) is 7.34. The molecule has 0 bridgehead atoms. The molecular weight excluding hydrogens is 310 g/mol. The Morgan fingerprint density at radius 1 is 1.35 bits per heavy atom. The van der Waals surface area contributed by atoms with Crippen molar-refractivity contribution >= 4 is 11.8 Å². The molecule has 0 aliphatic carbocycles. The monoisotopic (exact) mass is 329 g/mol. The molecular formula is C17H19N3O2S. The topological polar surface area (TPSA) is 78.8 Å². The summed E-state index contributed by atoms with van der Waals surface area (Å²) in [7, 11) is 0. The van der Waals surface area contributed by atoms with E-state index in [0.717, 1.165) is 28.9 Å². The van der Waals surface area contributed by atoms with Crippen LogP contribution in [0.25, 0.3) is 11.3 Å². The summed E-state index contributed by atoms with van der Waals surface area (Å²) in [5, 5.41) is 9.83. The highest BCUT2D eigenvalue weighted by Gasteiger charge is 2.17. The van der Waals surface area contributed by atoms with Gasteiger partial charge in [-0.15, -0.1) is 0 Å². The Hall–Kier alpha value is -2.26. The average Bonchev–Trinajstić information content (AvgIpc) is 2.51. The van der Waals surface area contributed by atoms with Gasteiger partial charge in [0.2, 0.25) is 0 Å². The number of aryl methyl sites for hydroxylation is 2. The van der Waals surface area contributed by atoms with E-state index in [1.54, 1.807) is 0 Å². The van der Waals surface area contributed by atoms with Crippen LogP contribution >= 0.6 is 11.8 Å². The van der Waals surface area contributed by atoms with Gasteiger partial charge >= 0.3 is 0 Å². The minimum absolute atomic E-state index is 0.0382. The van der Waals surface area contributed by atoms with Crippen LogP contribution in [-0.4, -0.2) is 22.8 Å². The highest BCUT2D eigenvalue weighted by molar-refractivity contribution is 7.98. The van der Waals surface area contributed by atoms with Gasteiger partial charge in [0.1, 0.15) is 17.4 Å². The van der Waals surface area contributed by atoms with Crippen LogP contribution in [0.3, 0.4) is 0 Å². The molecule has 2 rings (SSSR count). The van der Waals surface area contributed by atoms with Crippen molar-refractivity contribution in [2.75, 3.05) is 12.9 Å². The first-order valence-electron chi connectivity index (χ1n) is 7.34. The van der Waals surface area contributed by atoms with Crippen molar-refractivity contribution in [3.63, 3.8) is 0 Å². The van der Waals surface area contributed by atoms with Gasteiger partial charge in [-0.25, -0.2) is 4.98 Å². The summed E-state index contributed by atoms with van der Waals surface area (Å²) in [6.45, 7) is 6.58. The molecule has 6 heteroatoms. The maximum Gasteiger partial charge on any atom is 0.270 e. The van der Waals surface area contributed by atoms with Crippen molar-refractivity contribution in [3.8, 4) is 23.1 Å². The lowest BCUT2D eigenvalue weighted by Crippen LogP contribution is -2.15. The second-order valence-corrected chi connectivity index (χ2v) is 5.99. The Labute approximate surface area is 139 Å². The van der Waals surface area contributed by atoms with Gasteiger partial charge in [-0.1, -0.05) is 18.7 Å². The first kappa shape index (κ1) is 17.1. The van der Waals surface area contributed by atoms with Gasteiger partial charge in [-0.05, 0) is 49.8 Å². The third-order valence-corrected chi connectivity index (χ3v) is 4.00.